The van der Waals surface area contributed by atoms with Crippen molar-refractivity contribution < 1.29 is 9.53 Å². The minimum Gasteiger partial charge on any atom is -0.364 e. The highest BCUT2D eigenvalue weighted by atomic mass is 35.5. The lowest BCUT2D eigenvalue weighted by Gasteiger charge is -2.13. The van der Waals surface area contributed by atoms with Gasteiger partial charge < -0.3 is 15.8 Å². The van der Waals surface area contributed by atoms with Crippen molar-refractivity contribution in [3.8, 4) is 0 Å². The van der Waals surface area contributed by atoms with E-state index in [0.29, 0.717) is 6.54 Å². The van der Waals surface area contributed by atoms with Crippen LogP contribution in [0.2, 0.25) is 0 Å². The van der Waals surface area contributed by atoms with Crippen molar-refractivity contribution in [3.63, 3.8) is 0 Å². The van der Waals surface area contributed by atoms with Crippen LogP contribution in [0.1, 0.15) is 18.4 Å². The first kappa shape index (κ1) is 22.7. The number of hydrogen-bond acceptors (Lipinski definition) is 5. The first-order chi connectivity index (χ1) is 11.7. The fourth-order valence-electron chi connectivity index (χ4n) is 2.58. The molecule has 1 fully saturated rings. The average Bonchev–Trinajstić information content (AvgIpc) is 3.11. The van der Waals surface area contributed by atoms with E-state index < -0.39 is 6.10 Å². The predicted molar refractivity (Wildman–Crippen MR) is 110 cm³/mol. The van der Waals surface area contributed by atoms with Gasteiger partial charge in [0.2, 0.25) is 0 Å². The van der Waals surface area contributed by atoms with Crippen LogP contribution in [0.5, 0.6) is 0 Å². The molecule has 3 N–H and O–H groups in total. The zero-order chi connectivity index (χ0) is 16.8. The lowest BCUT2D eigenvalue weighted by molar-refractivity contribution is -0.126. The Bertz CT molecular complexity index is 674. The Kier molecular flexibility index (Phi) is 9.98. The molecule has 142 valence electrons. The smallest absolute Gasteiger partial charge is 0.253 e. The number of hydrogen-bond donors (Lipinski definition) is 2. The van der Waals surface area contributed by atoms with Gasteiger partial charge in [-0.15, -0.1) is 36.6 Å². The molecule has 0 spiro atoms. The van der Waals surface area contributed by atoms with Crippen molar-refractivity contribution in [2.45, 2.75) is 35.7 Å². The molecule has 2 atom stereocenters. The number of carbonyl (C=O) groups is 1. The quantitative estimate of drug-likeness (QED) is 0.703. The van der Waals surface area contributed by atoms with Crippen molar-refractivity contribution >= 4 is 48.2 Å². The highest BCUT2D eigenvalue weighted by Gasteiger charge is 2.29. The molecule has 26 heavy (non-hydrogen) atoms. The topological polar surface area (TPSA) is 77.2 Å². The van der Waals surface area contributed by atoms with Crippen LogP contribution in [-0.2, 0) is 15.3 Å². The molecule has 0 radical (unpaired) electrons. The maximum Gasteiger partial charge on any atom is 0.253 e. The second-order valence-corrected chi connectivity index (χ2v) is 6.77. The summed E-state index contributed by atoms with van der Waals surface area (Å²) in [4.78, 5) is 17.4. The fourth-order valence-corrected chi connectivity index (χ4v) is 3.41. The van der Waals surface area contributed by atoms with Crippen LogP contribution >= 0.6 is 36.6 Å². The summed E-state index contributed by atoms with van der Waals surface area (Å²) >= 11 is 1.74. The molecule has 0 aliphatic carbocycles. The summed E-state index contributed by atoms with van der Waals surface area (Å²) in [5, 5.41) is 2.91. The molecular weight excluding hydrogens is 393 g/mol. The van der Waals surface area contributed by atoms with Crippen LogP contribution in [0.25, 0.3) is 0 Å². The molecule has 2 heterocycles. The Morgan fingerprint density at radius 1 is 1.23 bits per heavy atom. The normalized spacial score (nSPS) is 18.5. The van der Waals surface area contributed by atoms with E-state index in [2.05, 4.69) is 16.4 Å². The number of benzene rings is 1. The Morgan fingerprint density at radius 2 is 2.00 bits per heavy atom. The number of aromatic nitrogens is 1. The molecule has 8 heteroatoms. The van der Waals surface area contributed by atoms with Crippen molar-refractivity contribution in [1.29, 1.82) is 0 Å². The molecule has 0 bridgehead atoms. The van der Waals surface area contributed by atoms with Gasteiger partial charge in [0, 0.05) is 35.3 Å². The Hall–Kier alpha value is -1.31. The summed E-state index contributed by atoms with van der Waals surface area (Å²) in [5.74, 6) is 0.775. The number of thioether (sulfide) groups is 1. The standard InChI is InChI=1S/C18H21N3O2S.2ClH/c19-10-15-5-8-17(23-15)18(22)21-14-3-6-16(7-4-14)24-12-13-2-1-9-20-11-13;;/h1-4,6-7,9,11,15,17H,5,8,10,12,19H2,(H,21,22);2*1H/t15-,17+;;/m1../s1. The van der Waals surface area contributed by atoms with Gasteiger partial charge in [-0.05, 0) is 48.7 Å². The van der Waals surface area contributed by atoms with Crippen molar-refractivity contribution in [2.75, 3.05) is 11.9 Å². The van der Waals surface area contributed by atoms with Gasteiger partial charge in [0.1, 0.15) is 6.10 Å². The van der Waals surface area contributed by atoms with Gasteiger partial charge in [-0.1, -0.05) is 6.07 Å². The molecule has 1 aliphatic heterocycles. The number of rotatable bonds is 6. The lowest BCUT2D eigenvalue weighted by atomic mass is 10.2. The Balaban J connectivity index is 0.00000169. The maximum absolute atomic E-state index is 12.2. The maximum atomic E-state index is 12.2. The van der Waals surface area contributed by atoms with Crippen LogP contribution in [0.4, 0.5) is 5.69 Å². The average molecular weight is 416 g/mol. The monoisotopic (exact) mass is 415 g/mol. The number of amides is 1. The molecule has 0 saturated carbocycles. The van der Waals surface area contributed by atoms with Gasteiger partial charge in [-0.25, -0.2) is 0 Å². The number of anilines is 1. The van der Waals surface area contributed by atoms with Gasteiger partial charge in [0.15, 0.2) is 0 Å². The van der Waals surface area contributed by atoms with E-state index in [9.17, 15) is 4.79 Å². The predicted octanol–water partition coefficient (Wildman–Crippen LogP) is 3.66. The number of nitrogens with one attached hydrogen (secondary N) is 1. The number of nitrogens with zero attached hydrogens (tertiary/aromatic N) is 1. The molecule has 1 aromatic heterocycles. The highest BCUT2D eigenvalue weighted by Crippen LogP contribution is 2.25. The van der Waals surface area contributed by atoms with Gasteiger partial charge in [-0.3, -0.25) is 9.78 Å². The van der Waals surface area contributed by atoms with E-state index in [4.69, 9.17) is 10.5 Å². The third-order valence-corrected chi connectivity index (χ3v) is 5.00. The SMILES string of the molecule is Cl.Cl.NC[C@H]1CC[C@@H](C(=O)Nc2ccc(SCc3cccnc3)cc2)O1. The molecule has 3 rings (SSSR count). The number of pyridine rings is 1. The minimum absolute atomic E-state index is 0. The first-order valence-electron chi connectivity index (χ1n) is 8.03. The number of carbonyl (C=O) groups excluding carboxylic acids is 1. The van der Waals surface area contributed by atoms with Crippen LogP contribution in [0.3, 0.4) is 0 Å². The molecule has 1 aromatic carbocycles. The largest absolute Gasteiger partial charge is 0.364 e. The third kappa shape index (κ3) is 6.45. The molecule has 5 nitrogen and oxygen atoms in total. The van der Waals surface area contributed by atoms with Crippen molar-refractivity contribution in [1.82, 2.24) is 4.98 Å². The zero-order valence-electron chi connectivity index (χ0n) is 14.2. The Morgan fingerprint density at radius 3 is 2.62 bits per heavy atom. The van der Waals surface area contributed by atoms with Crippen molar-refractivity contribution in [3.05, 3.63) is 54.4 Å². The van der Waals surface area contributed by atoms with Crippen molar-refractivity contribution in [2.24, 2.45) is 5.73 Å². The second kappa shape index (κ2) is 11.4. The summed E-state index contributed by atoms with van der Waals surface area (Å²) in [7, 11) is 0. The van der Waals surface area contributed by atoms with E-state index in [1.807, 2.05) is 36.5 Å². The van der Waals surface area contributed by atoms with Gasteiger partial charge >= 0.3 is 0 Å². The number of halogens is 2. The van der Waals surface area contributed by atoms with E-state index >= 15 is 0 Å². The molecule has 1 saturated heterocycles. The summed E-state index contributed by atoms with van der Waals surface area (Å²) in [5.41, 5.74) is 7.54. The van der Waals surface area contributed by atoms with Crippen LogP contribution < -0.4 is 11.1 Å². The minimum atomic E-state index is -0.391. The fraction of sp³-hybridized carbons (Fsp3) is 0.333. The summed E-state index contributed by atoms with van der Waals surface area (Å²) in [6, 6.07) is 11.8. The second-order valence-electron chi connectivity index (χ2n) is 5.72. The van der Waals surface area contributed by atoms with E-state index in [0.717, 1.165) is 29.2 Å². The van der Waals surface area contributed by atoms with E-state index in [-0.39, 0.29) is 36.8 Å². The lowest BCUT2D eigenvalue weighted by Crippen LogP contribution is -2.29. The molecule has 0 unspecified atom stereocenters. The summed E-state index contributed by atoms with van der Waals surface area (Å²) in [6.07, 6.45) is 4.84. The molecule has 1 aliphatic rings. The number of nitrogens with two attached hydrogens (primary N) is 1. The van der Waals surface area contributed by atoms with E-state index in [1.165, 1.54) is 5.56 Å². The van der Waals surface area contributed by atoms with Crippen LogP contribution in [0.15, 0.2) is 53.7 Å². The van der Waals surface area contributed by atoms with E-state index in [1.54, 1.807) is 18.0 Å². The van der Waals surface area contributed by atoms with Gasteiger partial charge in [0.25, 0.3) is 5.91 Å². The molecule has 2 aromatic rings. The Labute approximate surface area is 170 Å². The first-order valence-corrected chi connectivity index (χ1v) is 9.01. The highest BCUT2D eigenvalue weighted by molar-refractivity contribution is 7.98. The molecule has 1 amide bonds. The number of ether oxygens (including phenoxy) is 1. The van der Waals surface area contributed by atoms with Crippen LogP contribution in [0, 0.1) is 0 Å². The van der Waals surface area contributed by atoms with Gasteiger partial charge in [0.05, 0.1) is 6.10 Å². The third-order valence-electron chi connectivity index (χ3n) is 3.91. The summed E-state index contributed by atoms with van der Waals surface area (Å²) < 4.78 is 5.61. The summed E-state index contributed by atoms with van der Waals surface area (Å²) in [6.45, 7) is 0.465. The zero-order valence-corrected chi connectivity index (χ0v) is 16.6. The molecular formula is C18H23Cl2N3O2S. The van der Waals surface area contributed by atoms with Gasteiger partial charge in [-0.2, -0.15) is 0 Å². The van der Waals surface area contributed by atoms with Crippen LogP contribution in [-0.4, -0.2) is 29.6 Å².